The molecule has 0 bridgehead atoms. The van der Waals surface area contributed by atoms with Crippen molar-refractivity contribution in [2.24, 2.45) is 23.7 Å². The molecule has 0 aromatic heterocycles. The number of hydrogen-bond acceptors (Lipinski definition) is 0. The van der Waals surface area contributed by atoms with Crippen LogP contribution in [0, 0.1) is 23.7 Å². The molecule has 0 N–H and O–H groups in total. The summed E-state index contributed by atoms with van der Waals surface area (Å²) in [4.78, 5) is 0. The van der Waals surface area contributed by atoms with Crippen molar-refractivity contribution in [1.82, 2.24) is 0 Å². The van der Waals surface area contributed by atoms with Crippen molar-refractivity contribution in [2.45, 2.75) is 118 Å². The van der Waals surface area contributed by atoms with Gasteiger partial charge in [-0.05, 0) is 36.5 Å². The molecule has 132 valence electrons. The summed E-state index contributed by atoms with van der Waals surface area (Å²) >= 11 is 0. The summed E-state index contributed by atoms with van der Waals surface area (Å²) in [5.41, 5.74) is 0. The molecule has 4 atom stereocenters. The van der Waals surface area contributed by atoms with E-state index in [1.54, 1.807) is 0 Å². The van der Waals surface area contributed by atoms with Crippen LogP contribution in [0.2, 0.25) is 0 Å². The third-order valence-corrected chi connectivity index (χ3v) is 6.24. The lowest BCUT2D eigenvalue weighted by molar-refractivity contribution is 0.200. The minimum atomic E-state index is 0.979. The van der Waals surface area contributed by atoms with Crippen molar-refractivity contribution in [3.05, 3.63) is 0 Å². The van der Waals surface area contributed by atoms with Crippen molar-refractivity contribution < 1.29 is 0 Å². The van der Waals surface area contributed by atoms with Gasteiger partial charge in [-0.15, -0.1) is 0 Å². The molecule has 1 rings (SSSR count). The highest BCUT2D eigenvalue weighted by Gasteiger charge is 2.24. The van der Waals surface area contributed by atoms with E-state index in [2.05, 4.69) is 27.7 Å². The molecule has 0 heterocycles. The molecule has 0 amide bonds. The van der Waals surface area contributed by atoms with Gasteiger partial charge in [-0.3, -0.25) is 0 Å². The van der Waals surface area contributed by atoms with E-state index < -0.39 is 0 Å². The zero-order valence-corrected chi connectivity index (χ0v) is 16.2. The Balaban J connectivity index is 2.37. The number of rotatable bonds is 10. The Kier molecular flexibility index (Phi) is 11.3. The van der Waals surface area contributed by atoms with Gasteiger partial charge >= 0.3 is 0 Å². The SMILES string of the molecule is CCCCCCCC(CCC)CC1CCC(C)CCCC1C. The van der Waals surface area contributed by atoms with Gasteiger partial charge in [0.2, 0.25) is 0 Å². The van der Waals surface area contributed by atoms with Gasteiger partial charge < -0.3 is 0 Å². The van der Waals surface area contributed by atoms with Crippen molar-refractivity contribution >= 4 is 0 Å². The lowest BCUT2D eigenvalue weighted by Gasteiger charge is -2.31. The van der Waals surface area contributed by atoms with Crippen LogP contribution in [0.1, 0.15) is 118 Å². The highest BCUT2D eigenvalue weighted by molar-refractivity contribution is 4.75. The van der Waals surface area contributed by atoms with Crippen LogP contribution in [-0.4, -0.2) is 0 Å². The zero-order valence-electron chi connectivity index (χ0n) is 16.2. The van der Waals surface area contributed by atoms with Crippen LogP contribution >= 0.6 is 0 Å². The topological polar surface area (TPSA) is 0 Å². The normalized spacial score (nSPS) is 28.1. The maximum atomic E-state index is 2.55. The highest BCUT2D eigenvalue weighted by Crippen LogP contribution is 2.36. The molecule has 1 saturated carbocycles. The summed E-state index contributed by atoms with van der Waals surface area (Å²) in [5.74, 6) is 4.00. The summed E-state index contributed by atoms with van der Waals surface area (Å²) in [7, 11) is 0. The predicted molar refractivity (Wildman–Crippen MR) is 101 cm³/mol. The number of unbranched alkanes of at least 4 members (excludes halogenated alkanes) is 4. The van der Waals surface area contributed by atoms with Gasteiger partial charge in [-0.25, -0.2) is 0 Å². The Labute approximate surface area is 141 Å². The first-order chi connectivity index (χ1) is 10.7. The van der Waals surface area contributed by atoms with E-state index in [0.29, 0.717) is 0 Å². The summed E-state index contributed by atoms with van der Waals surface area (Å²) in [6, 6.07) is 0. The van der Waals surface area contributed by atoms with E-state index in [1.807, 2.05) is 0 Å². The predicted octanol–water partition coefficient (Wildman–Crippen LogP) is 8.01. The molecule has 0 aromatic carbocycles. The van der Waals surface area contributed by atoms with Crippen LogP contribution in [0.3, 0.4) is 0 Å². The lowest BCUT2D eigenvalue weighted by atomic mass is 9.74. The molecule has 0 spiro atoms. The summed E-state index contributed by atoms with van der Waals surface area (Å²) in [6.07, 6.45) is 20.6. The highest BCUT2D eigenvalue weighted by atomic mass is 14.3. The van der Waals surface area contributed by atoms with Crippen molar-refractivity contribution in [1.29, 1.82) is 0 Å². The van der Waals surface area contributed by atoms with Gasteiger partial charge in [-0.1, -0.05) is 105 Å². The molecule has 0 nitrogen and oxygen atoms in total. The van der Waals surface area contributed by atoms with Gasteiger partial charge in [-0.2, -0.15) is 0 Å². The second-order valence-corrected chi connectivity index (χ2v) is 8.44. The Hall–Kier alpha value is 0. The van der Waals surface area contributed by atoms with E-state index in [4.69, 9.17) is 0 Å². The maximum Gasteiger partial charge on any atom is -0.0386 e. The third kappa shape index (κ3) is 8.59. The summed E-state index contributed by atoms with van der Waals surface area (Å²) in [6.45, 7) is 9.72. The largest absolute Gasteiger partial charge is 0.0654 e. The first-order valence-corrected chi connectivity index (χ1v) is 10.7. The molecule has 1 fully saturated rings. The standard InChI is InChI=1S/C22H44/c1-5-7-8-9-10-15-21(12-6-2)18-22-17-16-19(3)13-11-14-20(22)4/h19-22H,5-18H2,1-4H3. The fourth-order valence-electron chi connectivity index (χ4n) is 4.55. The first kappa shape index (κ1) is 20.0. The fourth-order valence-corrected chi connectivity index (χ4v) is 4.55. The van der Waals surface area contributed by atoms with E-state index in [1.165, 1.54) is 89.9 Å². The molecule has 4 unspecified atom stereocenters. The second-order valence-electron chi connectivity index (χ2n) is 8.44. The van der Waals surface area contributed by atoms with Crippen LogP contribution < -0.4 is 0 Å². The average Bonchev–Trinajstić information content (AvgIpc) is 2.49. The van der Waals surface area contributed by atoms with Crippen LogP contribution in [0.4, 0.5) is 0 Å². The molecule has 0 aliphatic heterocycles. The Morgan fingerprint density at radius 2 is 1.55 bits per heavy atom. The van der Waals surface area contributed by atoms with E-state index in [0.717, 1.165) is 23.7 Å². The van der Waals surface area contributed by atoms with Gasteiger partial charge in [0.1, 0.15) is 0 Å². The van der Waals surface area contributed by atoms with E-state index in [9.17, 15) is 0 Å². The Morgan fingerprint density at radius 1 is 0.773 bits per heavy atom. The minimum Gasteiger partial charge on any atom is -0.0654 e. The van der Waals surface area contributed by atoms with Crippen LogP contribution in [0.25, 0.3) is 0 Å². The smallest absolute Gasteiger partial charge is 0.0386 e. The fraction of sp³-hybridized carbons (Fsp3) is 1.00. The molecule has 1 aliphatic carbocycles. The minimum absolute atomic E-state index is 0.979. The molecule has 22 heavy (non-hydrogen) atoms. The zero-order chi connectivity index (χ0) is 16.2. The van der Waals surface area contributed by atoms with Crippen molar-refractivity contribution in [3.8, 4) is 0 Å². The van der Waals surface area contributed by atoms with Crippen LogP contribution in [0.15, 0.2) is 0 Å². The summed E-state index contributed by atoms with van der Waals surface area (Å²) < 4.78 is 0. The molecule has 0 saturated heterocycles. The van der Waals surface area contributed by atoms with Crippen LogP contribution in [0.5, 0.6) is 0 Å². The first-order valence-electron chi connectivity index (χ1n) is 10.7. The van der Waals surface area contributed by atoms with Gasteiger partial charge in [0, 0.05) is 0 Å². The van der Waals surface area contributed by atoms with Gasteiger partial charge in [0.25, 0.3) is 0 Å². The third-order valence-electron chi connectivity index (χ3n) is 6.24. The average molecular weight is 309 g/mol. The molecule has 0 radical (unpaired) electrons. The molecular weight excluding hydrogens is 264 g/mol. The van der Waals surface area contributed by atoms with E-state index in [-0.39, 0.29) is 0 Å². The van der Waals surface area contributed by atoms with Crippen molar-refractivity contribution in [3.63, 3.8) is 0 Å². The quantitative estimate of drug-likeness (QED) is 0.358. The van der Waals surface area contributed by atoms with Gasteiger partial charge in [0.15, 0.2) is 0 Å². The second kappa shape index (κ2) is 12.4. The summed E-state index contributed by atoms with van der Waals surface area (Å²) in [5, 5.41) is 0. The maximum absolute atomic E-state index is 2.55. The molecule has 0 aromatic rings. The number of hydrogen-bond donors (Lipinski definition) is 0. The Bertz CT molecular complexity index is 244. The van der Waals surface area contributed by atoms with E-state index >= 15 is 0 Å². The molecular formula is C22H44. The monoisotopic (exact) mass is 308 g/mol. The molecule has 0 heteroatoms. The lowest BCUT2D eigenvalue weighted by Crippen LogP contribution is -2.20. The Morgan fingerprint density at radius 3 is 2.27 bits per heavy atom. The van der Waals surface area contributed by atoms with Crippen molar-refractivity contribution in [2.75, 3.05) is 0 Å². The van der Waals surface area contributed by atoms with Crippen LogP contribution in [-0.2, 0) is 0 Å². The van der Waals surface area contributed by atoms with Gasteiger partial charge in [0.05, 0.1) is 0 Å². The molecule has 1 aliphatic rings.